The summed E-state index contributed by atoms with van der Waals surface area (Å²) in [7, 11) is 1.56. The standard InChI is InChI=1S/C17H19N3O5/c1-25-12-4-2-3-11(9-12)14-13(10-18-19-14)15(21)20-7-5-17(24,6-8-20)16(22)23/h2-4,9-10,24H,5-8H2,1H3,(H,18,19)(H,22,23). The molecular weight excluding hydrogens is 326 g/mol. The Morgan fingerprint density at radius 3 is 2.68 bits per heavy atom. The third-order valence-corrected chi connectivity index (χ3v) is 4.50. The number of methoxy groups -OCH3 is 1. The highest BCUT2D eigenvalue weighted by molar-refractivity contribution is 6.00. The lowest BCUT2D eigenvalue weighted by molar-refractivity contribution is -0.162. The molecule has 1 fully saturated rings. The third-order valence-electron chi connectivity index (χ3n) is 4.50. The average Bonchev–Trinajstić information content (AvgIpc) is 3.11. The Hall–Kier alpha value is -2.87. The van der Waals surface area contributed by atoms with E-state index in [1.54, 1.807) is 19.2 Å². The first-order valence-electron chi connectivity index (χ1n) is 7.87. The number of H-pyrrole nitrogens is 1. The number of aromatic amines is 1. The fraction of sp³-hybridized carbons (Fsp3) is 0.353. The quantitative estimate of drug-likeness (QED) is 0.765. The van der Waals surface area contributed by atoms with Crippen molar-refractivity contribution in [1.29, 1.82) is 0 Å². The number of likely N-dealkylation sites (tertiary alicyclic amines) is 1. The Morgan fingerprint density at radius 1 is 1.32 bits per heavy atom. The molecule has 0 radical (unpaired) electrons. The predicted octanol–water partition coefficient (Wildman–Crippen LogP) is 1.14. The first-order chi connectivity index (χ1) is 11.9. The Labute approximate surface area is 144 Å². The zero-order valence-electron chi connectivity index (χ0n) is 13.7. The van der Waals surface area contributed by atoms with E-state index in [0.29, 0.717) is 17.0 Å². The second-order valence-electron chi connectivity index (χ2n) is 6.02. The minimum atomic E-state index is -1.76. The lowest BCUT2D eigenvalue weighted by Gasteiger charge is -2.35. The van der Waals surface area contributed by atoms with Gasteiger partial charge in [-0.25, -0.2) is 4.79 Å². The molecule has 1 saturated heterocycles. The molecule has 8 heteroatoms. The van der Waals surface area contributed by atoms with Gasteiger partial charge in [0.1, 0.15) is 5.75 Å². The van der Waals surface area contributed by atoms with E-state index in [-0.39, 0.29) is 31.8 Å². The van der Waals surface area contributed by atoms with Crippen LogP contribution in [-0.2, 0) is 4.79 Å². The number of amides is 1. The Bertz CT molecular complexity index is 793. The molecule has 1 aliphatic heterocycles. The maximum absolute atomic E-state index is 12.8. The highest BCUT2D eigenvalue weighted by atomic mass is 16.5. The van der Waals surface area contributed by atoms with E-state index in [1.807, 2.05) is 12.1 Å². The van der Waals surface area contributed by atoms with Crippen molar-refractivity contribution in [3.8, 4) is 17.0 Å². The molecule has 0 spiro atoms. The summed E-state index contributed by atoms with van der Waals surface area (Å²) in [6, 6.07) is 7.26. The Kier molecular flexibility index (Phi) is 4.45. The van der Waals surface area contributed by atoms with E-state index in [2.05, 4.69) is 10.2 Å². The normalized spacial score (nSPS) is 16.5. The molecule has 132 valence electrons. The number of nitrogens with zero attached hydrogens (tertiary/aromatic N) is 2. The van der Waals surface area contributed by atoms with Gasteiger partial charge >= 0.3 is 5.97 Å². The molecule has 3 rings (SSSR count). The lowest BCUT2D eigenvalue weighted by Crippen LogP contribution is -2.50. The van der Waals surface area contributed by atoms with Crippen LogP contribution >= 0.6 is 0 Å². The first-order valence-corrected chi connectivity index (χ1v) is 7.87. The largest absolute Gasteiger partial charge is 0.497 e. The molecule has 1 aromatic carbocycles. The SMILES string of the molecule is COc1cccc(-c2[nH]ncc2C(=O)N2CCC(O)(C(=O)O)CC2)c1. The van der Waals surface area contributed by atoms with Crippen LogP contribution in [0.15, 0.2) is 30.5 Å². The number of carboxylic acid groups (broad SMARTS) is 1. The highest BCUT2D eigenvalue weighted by Gasteiger charge is 2.40. The number of carbonyl (C=O) groups is 2. The summed E-state index contributed by atoms with van der Waals surface area (Å²) in [6.07, 6.45) is 1.45. The molecule has 0 aliphatic carbocycles. The Morgan fingerprint density at radius 2 is 2.04 bits per heavy atom. The number of benzene rings is 1. The summed E-state index contributed by atoms with van der Waals surface area (Å²) in [5, 5.41) is 25.9. The van der Waals surface area contributed by atoms with E-state index in [9.17, 15) is 14.7 Å². The number of rotatable bonds is 4. The molecule has 1 amide bonds. The number of carbonyl (C=O) groups excluding carboxylic acids is 1. The van der Waals surface area contributed by atoms with Crippen molar-refractivity contribution in [3.05, 3.63) is 36.0 Å². The molecular formula is C17H19N3O5. The second kappa shape index (κ2) is 6.56. The van der Waals surface area contributed by atoms with E-state index in [1.165, 1.54) is 11.1 Å². The van der Waals surface area contributed by atoms with Gasteiger partial charge in [0, 0.05) is 31.5 Å². The van der Waals surface area contributed by atoms with Gasteiger partial charge in [-0.2, -0.15) is 5.10 Å². The summed E-state index contributed by atoms with van der Waals surface area (Å²) < 4.78 is 5.20. The van der Waals surface area contributed by atoms with Crippen LogP contribution in [0.2, 0.25) is 0 Å². The van der Waals surface area contributed by atoms with Gasteiger partial charge in [-0.05, 0) is 12.1 Å². The van der Waals surface area contributed by atoms with Crippen LogP contribution in [0.5, 0.6) is 5.75 Å². The van der Waals surface area contributed by atoms with Gasteiger partial charge in [0.05, 0.1) is 24.6 Å². The second-order valence-corrected chi connectivity index (χ2v) is 6.02. The van der Waals surface area contributed by atoms with Crippen LogP contribution in [0.4, 0.5) is 0 Å². The van der Waals surface area contributed by atoms with Crippen LogP contribution in [-0.4, -0.2) is 63.0 Å². The average molecular weight is 345 g/mol. The van der Waals surface area contributed by atoms with Crippen molar-refractivity contribution in [2.24, 2.45) is 0 Å². The molecule has 0 atom stereocenters. The van der Waals surface area contributed by atoms with Gasteiger partial charge < -0.3 is 19.8 Å². The topological polar surface area (TPSA) is 116 Å². The smallest absolute Gasteiger partial charge is 0.335 e. The molecule has 1 aliphatic rings. The number of aliphatic carboxylic acids is 1. The summed E-state index contributed by atoms with van der Waals surface area (Å²) in [4.78, 5) is 25.4. The van der Waals surface area contributed by atoms with E-state index >= 15 is 0 Å². The number of ether oxygens (including phenoxy) is 1. The van der Waals surface area contributed by atoms with Gasteiger partial charge in [-0.3, -0.25) is 9.89 Å². The molecule has 0 unspecified atom stereocenters. The van der Waals surface area contributed by atoms with Crippen LogP contribution in [0, 0.1) is 0 Å². The van der Waals surface area contributed by atoms with Crippen LogP contribution in [0.25, 0.3) is 11.3 Å². The number of aromatic nitrogens is 2. The van der Waals surface area contributed by atoms with E-state index in [4.69, 9.17) is 9.84 Å². The first kappa shape index (κ1) is 17.0. The predicted molar refractivity (Wildman–Crippen MR) is 88.3 cm³/mol. The Balaban J connectivity index is 1.81. The lowest BCUT2D eigenvalue weighted by atomic mass is 9.91. The molecule has 2 aromatic rings. The fourth-order valence-electron chi connectivity index (χ4n) is 2.91. The summed E-state index contributed by atoms with van der Waals surface area (Å²) in [6.45, 7) is 0.342. The molecule has 2 heterocycles. The molecule has 25 heavy (non-hydrogen) atoms. The van der Waals surface area contributed by atoms with Gasteiger partial charge in [0.25, 0.3) is 5.91 Å². The number of hydrogen-bond donors (Lipinski definition) is 3. The number of piperidine rings is 1. The molecule has 0 saturated carbocycles. The summed E-state index contributed by atoms with van der Waals surface area (Å²) in [5.74, 6) is -0.839. The van der Waals surface area contributed by atoms with E-state index < -0.39 is 11.6 Å². The van der Waals surface area contributed by atoms with Crippen molar-refractivity contribution < 1.29 is 24.5 Å². The van der Waals surface area contributed by atoms with E-state index in [0.717, 1.165) is 5.56 Å². The van der Waals surface area contributed by atoms with Crippen molar-refractivity contribution in [2.75, 3.05) is 20.2 Å². The van der Waals surface area contributed by atoms with Gasteiger partial charge in [-0.1, -0.05) is 12.1 Å². The van der Waals surface area contributed by atoms with Crippen molar-refractivity contribution >= 4 is 11.9 Å². The number of aliphatic hydroxyl groups is 1. The summed E-state index contributed by atoms with van der Waals surface area (Å²) in [5.41, 5.74) is -0.0285. The minimum absolute atomic E-state index is 0.000415. The summed E-state index contributed by atoms with van der Waals surface area (Å²) >= 11 is 0. The zero-order valence-corrected chi connectivity index (χ0v) is 13.7. The molecule has 3 N–H and O–H groups in total. The van der Waals surface area contributed by atoms with Crippen LogP contribution in [0.3, 0.4) is 0 Å². The zero-order chi connectivity index (χ0) is 18.0. The molecule has 1 aromatic heterocycles. The minimum Gasteiger partial charge on any atom is -0.497 e. The van der Waals surface area contributed by atoms with Gasteiger partial charge in [0.2, 0.25) is 0 Å². The molecule has 0 bridgehead atoms. The highest BCUT2D eigenvalue weighted by Crippen LogP contribution is 2.28. The van der Waals surface area contributed by atoms with Crippen molar-refractivity contribution in [3.63, 3.8) is 0 Å². The molecule has 8 nitrogen and oxygen atoms in total. The van der Waals surface area contributed by atoms with Crippen LogP contribution < -0.4 is 4.74 Å². The maximum Gasteiger partial charge on any atom is 0.335 e. The van der Waals surface area contributed by atoms with Gasteiger partial charge in [-0.15, -0.1) is 0 Å². The van der Waals surface area contributed by atoms with Crippen LogP contribution in [0.1, 0.15) is 23.2 Å². The monoisotopic (exact) mass is 345 g/mol. The number of nitrogens with one attached hydrogen (secondary N) is 1. The third kappa shape index (κ3) is 3.20. The maximum atomic E-state index is 12.8. The number of hydrogen-bond acceptors (Lipinski definition) is 5. The number of carboxylic acids is 1. The van der Waals surface area contributed by atoms with Gasteiger partial charge in [0.15, 0.2) is 5.60 Å². The fourth-order valence-corrected chi connectivity index (χ4v) is 2.91. The van der Waals surface area contributed by atoms with Crippen molar-refractivity contribution in [1.82, 2.24) is 15.1 Å². The van der Waals surface area contributed by atoms with Crippen molar-refractivity contribution in [2.45, 2.75) is 18.4 Å².